The highest BCUT2D eigenvalue weighted by atomic mass is 16.5. The molecule has 5 heteroatoms. The largest absolute Gasteiger partial charge is 0.462 e. The predicted molar refractivity (Wildman–Crippen MR) is 90.9 cm³/mol. The van der Waals surface area contributed by atoms with E-state index < -0.39 is 0 Å². The summed E-state index contributed by atoms with van der Waals surface area (Å²) in [6.07, 6.45) is 3.18. The zero-order valence-corrected chi connectivity index (χ0v) is 13.4. The van der Waals surface area contributed by atoms with Gasteiger partial charge in [0.1, 0.15) is 6.10 Å². The van der Waals surface area contributed by atoms with Crippen LogP contribution in [-0.2, 0) is 22.5 Å². The number of fused-ring (bicyclic) bond motifs is 5. The minimum atomic E-state index is -0.105. The number of ether oxygens (including phenoxy) is 1. The second-order valence-corrected chi connectivity index (χ2v) is 7.04. The van der Waals surface area contributed by atoms with Crippen LogP contribution in [0.2, 0.25) is 0 Å². The monoisotopic (exact) mass is 322 g/mol. The molecule has 0 amide bonds. The quantitative estimate of drug-likeness (QED) is 0.647. The standard InChI is InChI=1S/C19H18N2O3/c1-10-13-8-21-9-14-18(16(21)6-11(13)7-17(22)24-10)20-15-5-3-2-4-12(15)19(14)23/h2-5,9-11,13,20H,6-8H2,1H3/t10-,11+,13-/m0/s1. The molecule has 0 radical (unpaired) electrons. The smallest absolute Gasteiger partial charge is 0.306 e. The summed E-state index contributed by atoms with van der Waals surface area (Å²) in [5.74, 6) is 0.510. The van der Waals surface area contributed by atoms with Gasteiger partial charge in [0.2, 0.25) is 0 Å². The molecule has 2 aromatic heterocycles. The first-order chi connectivity index (χ1) is 11.6. The first-order valence-electron chi connectivity index (χ1n) is 8.44. The Balaban J connectivity index is 1.73. The summed E-state index contributed by atoms with van der Waals surface area (Å²) >= 11 is 0. The molecule has 0 bridgehead atoms. The van der Waals surface area contributed by atoms with E-state index in [4.69, 9.17) is 4.74 Å². The molecular weight excluding hydrogens is 304 g/mol. The van der Waals surface area contributed by atoms with E-state index >= 15 is 0 Å². The van der Waals surface area contributed by atoms with Crippen molar-refractivity contribution in [3.63, 3.8) is 0 Å². The molecule has 5 nitrogen and oxygen atoms in total. The van der Waals surface area contributed by atoms with Crippen molar-refractivity contribution in [2.75, 3.05) is 0 Å². The zero-order valence-electron chi connectivity index (χ0n) is 13.4. The lowest BCUT2D eigenvalue weighted by Gasteiger charge is -2.39. The van der Waals surface area contributed by atoms with Crippen LogP contribution in [0.5, 0.6) is 0 Å². The van der Waals surface area contributed by atoms with Gasteiger partial charge in [0, 0.05) is 41.7 Å². The molecule has 3 atom stereocenters. The lowest BCUT2D eigenvalue weighted by atomic mass is 9.78. The third-order valence-electron chi connectivity index (χ3n) is 5.68. The van der Waals surface area contributed by atoms with Crippen molar-refractivity contribution in [2.24, 2.45) is 11.8 Å². The normalized spacial score (nSPS) is 26.2. The number of pyridine rings is 1. The van der Waals surface area contributed by atoms with Crippen LogP contribution >= 0.6 is 0 Å². The number of benzene rings is 1. The van der Waals surface area contributed by atoms with Crippen molar-refractivity contribution in [3.8, 4) is 0 Å². The van der Waals surface area contributed by atoms with Gasteiger partial charge in [-0.05, 0) is 31.4 Å². The van der Waals surface area contributed by atoms with E-state index in [2.05, 4.69) is 9.55 Å². The van der Waals surface area contributed by atoms with Gasteiger partial charge in [-0.2, -0.15) is 0 Å². The Kier molecular flexibility index (Phi) is 2.72. The van der Waals surface area contributed by atoms with Gasteiger partial charge in [-0.3, -0.25) is 9.59 Å². The maximum absolute atomic E-state index is 12.8. The summed E-state index contributed by atoms with van der Waals surface area (Å²) < 4.78 is 7.59. The molecule has 0 unspecified atom stereocenters. The van der Waals surface area contributed by atoms with Crippen LogP contribution in [0.25, 0.3) is 21.8 Å². The summed E-state index contributed by atoms with van der Waals surface area (Å²) in [5.41, 5.74) is 2.99. The van der Waals surface area contributed by atoms with Crippen LogP contribution in [0.1, 0.15) is 19.0 Å². The van der Waals surface area contributed by atoms with Crippen LogP contribution in [0, 0.1) is 11.8 Å². The fraction of sp³-hybridized carbons (Fsp3) is 0.368. The van der Waals surface area contributed by atoms with Gasteiger partial charge in [0.25, 0.3) is 0 Å². The Bertz CT molecular complexity index is 1050. The van der Waals surface area contributed by atoms with E-state index in [1.807, 2.05) is 37.4 Å². The summed E-state index contributed by atoms with van der Waals surface area (Å²) in [7, 11) is 0. The number of hydrogen-bond acceptors (Lipinski definition) is 3. The Morgan fingerprint density at radius 2 is 2.00 bits per heavy atom. The Morgan fingerprint density at radius 3 is 2.88 bits per heavy atom. The maximum atomic E-state index is 12.8. The highest BCUT2D eigenvalue weighted by molar-refractivity contribution is 5.93. The van der Waals surface area contributed by atoms with Crippen molar-refractivity contribution >= 4 is 27.8 Å². The topological polar surface area (TPSA) is 64.1 Å². The van der Waals surface area contributed by atoms with E-state index in [9.17, 15) is 9.59 Å². The van der Waals surface area contributed by atoms with Crippen LogP contribution in [0.4, 0.5) is 0 Å². The van der Waals surface area contributed by atoms with Gasteiger partial charge in [-0.15, -0.1) is 0 Å². The average molecular weight is 322 g/mol. The summed E-state index contributed by atoms with van der Waals surface area (Å²) in [4.78, 5) is 28.0. The second kappa shape index (κ2) is 4.72. The number of carbonyl (C=O) groups excluding carboxylic acids is 1. The Hall–Kier alpha value is -2.56. The van der Waals surface area contributed by atoms with Crippen LogP contribution < -0.4 is 5.43 Å². The van der Waals surface area contributed by atoms with E-state index in [-0.39, 0.29) is 17.5 Å². The molecule has 2 aliphatic rings. The Morgan fingerprint density at radius 1 is 1.17 bits per heavy atom. The van der Waals surface area contributed by atoms with Crippen LogP contribution in [0.3, 0.4) is 0 Å². The third-order valence-corrected chi connectivity index (χ3v) is 5.68. The highest BCUT2D eigenvalue weighted by Gasteiger charge is 2.40. The number of hydrogen-bond donors (Lipinski definition) is 1. The van der Waals surface area contributed by atoms with Gasteiger partial charge in [0.05, 0.1) is 10.9 Å². The molecule has 24 heavy (non-hydrogen) atoms. The summed E-state index contributed by atoms with van der Waals surface area (Å²) in [6.45, 7) is 2.77. The fourth-order valence-electron chi connectivity index (χ4n) is 4.45. The maximum Gasteiger partial charge on any atom is 0.306 e. The Labute approximate surface area is 138 Å². The number of carbonyl (C=O) groups is 1. The second-order valence-electron chi connectivity index (χ2n) is 7.04. The van der Waals surface area contributed by atoms with Gasteiger partial charge in [-0.1, -0.05) is 12.1 Å². The molecule has 1 N–H and O–H groups in total. The number of para-hydroxylation sites is 1. The molecule has 0 spiro atoms. The molecule has 2 aliphatic heterocycles. The van der Waals surface area contributed by atoms with Crippen molar-refractivity contribution in [2.45, 2.75) is 32.4 Å². The zero-order chi connectivity index (χ0) is 16.4. The molecule has 1 aromatic carbocycles. The van der Waals surface area contributed by atoms with Crippen molar-refractivity contribution in [3.05, 3.63) is 46.4 Å². The lowest BCUT2D eigenvalue weighted by molar-refractivity contribution is -0.162. The number of nitrogens with zero attached hydrogens (tertiary/aromatic N) is 1. The van der Waals surface area contributed by atoms with Crippen molar-refractivity contribution in [1.29, 1.82) is 0 Å². The van der Waals surface area contributed by atoms with Crippen LogP contribution in [-0.4, -0.2) is 21.6 Å². The highest BCUT2D eigenvalue weighted by Crippen LogP contribution is 2.38. The number of H-pyrrole nitrogens is 1. The minimum Gasteiger partial charge on any atom is -0.462 e. The van der Waals surface area contributed by atoms with Crippen molar-refractivity contribution < 1.29 is 9.53 Å². The third kappa shape index (κ3) is 1.81. The van der Waals surface area contributed by atoms with E-state index in [1.165, 1.54) is 0 Å². The summed E-state index contributed by atoms with van der Waals surface area (Å²) in [5, 5.41) is 1.46. The molecular formula is C19H18N2O3. The number of cyclic esters (lactones) is 1. The molecule has 5 rings (SSSR count). The lowest BCUT2D eigenvalue weighted by Crippen LogP contribution is -2.43. The number of esters is 1. The predicted octanol–water partition coefficient (Wildman–Crippen LogP) is 2.61. The first kappa shape index (κ1) is 13.8. The molecule has 0 saturated carbocycles. The molecule has 3 aromatic rings. The molecule has 1 fully saturated rings. The van der Waals surface area contributed by atoms with Crippen molar-refractivity contribution in [1.82, 2.24) is 9.55 Å². The summed E-state index contributed by atoms with van der Waals surface area (Å²) in [6, 6.07) is 7.62. The van der Waals surface area contributed by atoms with Gasteiger partial charge in [-0.25, -0.2) is 0 Å². The van der Waals surface area contributed by atoms with E-state index in [0.717, 1.165) is 40.5 Å². The van der Waals surface area contributed by atoms with Gasteiger partial charge < -0.3 is 14.3 Å². The number of aromatic nitrogens is 2. The van der Waals surface area contributed by atoms with Gasteiger partial charge >= 0.3 is 5.97 Å². The van der Waals surface area contributed by atoms with Gasteiger partial charge in [0.15, 0.2) is 5.43 Å². The average Bonchev–Trinajstić information content (AvgIpc) is 2.92. The van der Waals surface area contributed by atoms with Crippen LogP contribution in [0.15, 0.2) is 35.3 Å². The van der Waals surface area contributed by atoms with E-state index in [0.29, 0.717) is 18.3 Å². The number of aromatic amines is 1. The fourth-order valence-corrected chi connectivity index (χ4v) is 4.45. The first-order valence-corrected chi connectivity index (χ1v) is 8.44. The number of rotatable bonds is 0. The molecule has 1 saturated heterocycles. The van der Waals surface area contributed by atoms with E-state index in [1.54, 1.807) is 0 Å². The number of nitrogens with one attached hydrogen (secondary N) is 1. The SMILES string of the molecule is C[C@@H]1OC(=O)C[C@H]2Cc3c4[nH]c5ccccc5c(=O)c4cn3C[C@H]21. The molecule has 122 valence electrons. The minimum absolute atomic E-state index is 0.0651. The molecule has 4 heterocycles. The molecule has 0 aliphatic carbocycles.